The smallest absolute Gasteiger partial charge is 0.329 e. The Labute approximate surface area is 105 Å². The molecule has 0 fully saturated rings. The third-order valence-corrected chi connectivity index (χ3v) is 2.52. The molecule has 0 spiro atoms. The van der Waals surface area contributed by atoms with Gasteiger partial charge in [0.2, 0.25) is 0 Å². The van der Waals surface area contributed by atoms with Crippen LogP contribution < -0.4 is 5.73 Å². The van der Waals surface area contributed by atoms with E-state index in [1.165, 1.54) is 12.1 Å². The van der Waals surface area contributed by atoms with E-state index < -0.39 is 23.9 Å². The summed E-state index contributed by atoms with van der Waals surface area (Å²) in [6, 6.07) is 3.00. The van der Waals surface area contributed by atoms with Gasteiger partial charge in [0.15, 0.2) is 5.82 Å². The van der Waals surface area contributed by atoms with Crippen molar-refractivity contribution in [2.24, 2.45) is 5.73 Å². The van der Waals surface area contributed by atoms with Crippen LogP contribution >= 0.6 is 0 Å². The van der Waals surface area contributed by atoms with Crippen molar-refractivity contribution >= 4 is 0 Å². The molecule has 0 saturated carbocycles. The second kappa shape index (κ2) is 4.61. The number of rotatable bonds is 2. The Morgan fingerprint density at radius 1 is 1.32 bits per heavy atom. The number of benzene rings is 1. The van der Waals surface area contributed by atoms with Gasteiger partial charge in [0.25, 0.3) is 0 Å². The van der Waals surface area contributed by atoms with Crippen LogP contribution in [0.5, 0.6) is 0 Å². The minimum atomic E-state index is -4.73. The summed E-state index contributed by atoms with van der Waals surface area (Å²) in [6.07, 6.45) is -4.73. The Balaban J connectivity index is 2.31. The summed E-state index contributed by atoms with van der Waals surface area (Å²) in [5.74, 6) is -2.34. The summed E-state index contributed by atoms with van der Waals surface area (Å²) in [4.78, 5) is 3.16. The van der Waals surface area contributed by atoms with Crippen molar-refractivity contribution in [3.05, 3.63) is 46.9 Å². The number of nitrogens with two attached hydrogens (primary N) is 1. The van der Waals surface area contributed by atoms with Gasteiger partial charge in [-0.2, -0.15) is 18.2 Å². The molecular weight excluding hydrogens is 266 g/mol. The molecule has 0 bridgehead atoms. The zero-order valence-electron chi connectivity index (χ0n) is 9.70. The molecule has 2 rings (SSSR count). The lowest BCUT2D eigenvalue weighted by Gasteiger charge is -2.08. The number of hydrogen-bond acceptors (Lipinski definition) is 4. The van der Waals surface area contributed by atoms with Crippen LogP contribution in [-0.4, -0.2) is 10.1 Å². The number of alkyl halides is 3. The van der Waals surface area contributed by atoms with Crippen LogP contribution in [0.3, 0.4) is 0 Å². The van der Waals surface area contributed by atoms with E-state index in [1.807, 2.05) is 0 Å². The van der Waals surface area contributed by atoms with Gasteiger partial charge in [-0.25, -0.2) is 4.39 Å². The summed E-state index contributed by atoms with van der Waals surface area (Å²) >= 11 is 0. The number of aromatic nitrogens is 2. The number of halogens is 4. The van der Waals surface area contributed by atoms with Gasteiger partial charge in [0.1, 0.15) is 5.82 Å². The van der Waals surface area contributed by atoms with Gasteiger partial charge in [-0.05, 0) is 24.1 Å². The van der Waals surface area contributed by atoms with Gasteiger partial charge < -0.3 is 10.3 Å². The van der Waals surface area contributed by atoms with Gasteiger partial charge in [-0.15, -0.1) is 0 Å². The fraction of sp³-hybridized carbons (Fsp3) is 0.273. The predicted molar refractivity (Wildman–Crippen MR) is 56.5 cm³/mol. The Hall–Kier alpha value is -1.96. The first-order valence-electron chi connectivity index (χ1n) is 5.21. The van der Waals surface area contributed by atoms with Gasteiger partial charge in [0.05, 0.1) is 6.04 Å². The Morgan fingerprint density at radius 2 is 2.00 bits per heavy atom. The van der Waals surface area contributed by atoms with Gasteiger partial charge >= 0.3 is 12.1 Å². The van der Waals surface area contributed by atoms with Crippen molar-refractivity contribution in [1.82, 2.24) is 10.1 Å². The molecule has 1 aromatic heterocycles. The summed E-state index contributed by atoms with van der Waals surface area (Å²) in [6.45, 7) is 1.56. The largest absolute Gasteiger partial charge is 0.471 e. The van der Waals surface area contributed by atoms with E-state index in [0.29, 0.717) is 5.56 Å². The molecule has 0 radical (unpaired) electrons. The topological polar surface area (TPSA) is 64.9 Å². The summed E-state index contributed by atoms with van der Waals surface area (Å²) in [7, 11) is 0. The Kier molecular flexibility index (Phi) is 3.27. The molecular formula is C11H9F4N3O. The van der Waals surface area contributed by atoms with Gasteiger partial charge in [0, 0.05) is 0 Å². The van der Waals surface area contributed by atoms with E-state index in [9.17, 15) is 17.6 Å². The molecule has 1 aromatic carbocycles. The lowest BCUT2D eigenvalue weighted by Crippen LogP contribution is -2.15. The average molecular weight is 275 g/mol. The third kappa shape index (κ3) is 2.73. The van der Waals surface area contributed by atoms with Crippen LogP contribution in [-0.2, 0) is 6.18 Å². The van der Waals surface area contributed by atoms with Gasteiger partial charge in [-0.3, -0.25) is 0 Å². The van der Waals surface area contributed by atoms with Crippen LogP contribution in [0.25, 0.3) is 0 Å². The number of hydrogen-bond donors (Lipinski definition) is 1. The Bertz CT molecular complexity index is 594. The second-order valence-electron chi connectivity index (χ2n) is 3.94. The fourth-order valence-corrected chi connectivity index (χ4v) is 1.43. The predicted octanol–water partition coefficient (Wildman–Crippen LogP) is 2.58. The van der Waals surface area contributed by atoms with E-state index in [2.05, 4.69) is 14.7 Å². The van der Waals surface area contributed by atoms with Crippen LogP contribution in [0.1, 0.15) is 28.9 Å². The summed E-state index contributed by atoms with van der Waals surface area (Å²) in [5.41, 5.74) is 6.34. The average Bonchev–Trinajstić information content (AvgIpc) is 2.81. The van der Waals surface area contributed by atoms with E-state index in [-0.39, 0.29) is 11.4 Å². The third-order valence-electron chi connectivity index (χ3n) is 2.52. The first-order chi connectivity index (χ1) is 8.79. The zero-order chi connectivity index (χ0) is 14.2. The maximum absolute atomic E-state index is 13.3. The first-order valence-corrected chi connectivity index (χ1v) is 5.21. The number of nitrogens with zero attached hydrogens (tertiary/aromatic N) is 2. The van der Waals surface area contributed by atoms with Crippen molar-refractivity contribution in [3.8, 4) is 0 Å². The van der Waals surface area contributed by atoms with Crippen molar-refractivity contribution in [2.45, 2.75) is 19.1 Å². The van der Waals surface area contributed by atoms with E-state index >= 15 is 0 Å². The van der Waals surface area contributed by atoms with Crippen LogP contribution in [0.15, 0.2) is 22.7 Å². The van der Waals surface area contributed by atoms with Crippen molar-refractivity contribution in [1.29, 1.82) is 0 Å². The molecule has 102 valence electrons. The Morgan fingerprint density at radius 3 is 2.53 bits per heavy atom. The van der Waals surface area contributed by atoms with Crippen LogP contribution in [0.4, 0.5) is 17.6 Å². The molecule has 0 aliphatic rings. The van der Waals surface area contributed by atoms with Crippen LogP contribution in [0.2, 0.25) is 0 Å². The molecule has 0 aliphatic heterocycles. The maximum atomic E-state index is 13.3. The molecule has 8 heteroatoms. The highest BCUT2D eigenvalue weighted by molar-refractivity contribution is 5.28. The molecule has 0 amide bonds. The van der Waals surface area contributed by atoms with E-state index in [4.69, 9.17) is 5.73 Å². The first kappa shape index (κ1) is 13.5. The minimum absolute atomic E-state index is 0.262. The lowest BCUT2D eigenvalue weighted by atomic mass is 10.1. The molecule has 2 N–H and O–H groups in total. The maximum Gasteiger partial charge on any atom is 0.471 e. The monoisotopic (exact) mass is 275 g/mol. The molecule has 1 heterocycles. The van der Waals surface area contributed by atoms with Crippen molar-refractivity contribution in [2.75, 3.05) is 0 Å². The minimum Gasteiger partial charge on any atom is -0.329 e. The highest BCUT2D eigenvalue weighted by Gasteiger charge is 2.39. The zero-order valence-corrected chi connectivity index (χ0v) is 9.70. The van der Waals surface area contributed by atoms with Crippen molar-refractivity contribution in [3.63, 3.8) is 0 Å². The van der Waals surface area contributed by atoms with E-state index in [1.54, 1.807) is 6.92 Å². The van der Waals surface area contributed by atoms with Crippen molar-refractivity contribution < 1.29 is 22.1 Å². The highest BCUT2D eigenvalue weighted by atomic mass is 19.4. The SMILES string of the molecule is Cc1ccc(C(N)c2noc(C(F)(F)F)n2)cc1F. The standard InChI is InChI=1S/C11H9F4N3O/c1-5-2-3-6(4-7(5)12)8(16)9-17-10(19-18-9)11(13,14)15/h2-4,8H,16H2,1H3. The normalized spacial score (nSPS) is 13.6. The quantitative estimate of drug-likeness (QED) is 0.855. The molecule has 2 aromatic rings. The molecule has 1 atom stereocenters. The summed E-state index contributed by atoms with van der Waals surface area (Å²) < 4.78 is 54.3. The number of aryl methyl sites for hydroxylation is 1. The summed E-state index contributed by atoms with van der Waals surface area (Å²) in [5, 5.41) is 3.16. The fourth-order valence-electron chi connectivity index (χ4n) is 1.43. The lowest BCUT2D eigenvalue weighted by molar-refractivity contribution is -0.159. The second-order valence-corrected chi connectivity index (χ2v) is 3.94. The van der Waals surface area contributed by atoms with Crippen LogP contribution in [0, 0.1) is 12.7 Å². The molecule has 0 saturated heterocycles. The molecule has 19 heavy (non-hydrogen) atoms. The molecule has 1 unspecified atom stereocenters. The van der Waals surface area contributed by atoms with E-state index in [0.717, 1.165) is 6.07 Å². The van der Waals surface area contributed by atoms with Gasteiger partial charge in [-0.1, -0.05) is 17.3 Å². The molecule has 4 nitrogen and oxygen atoms in total. The molecule has 0 aliphatic carbocycles. The highest BCUT2D eigenvalue weighted by Crippen LogP contribution is 2.29.